The summed E-state index contributed by atoms with van der Waals surface area (Å²) in [6.45, 7) is 0.738. The molecule has 1 aliphatic rings. The zero-order valence-electron chi connectivity index (χ0n) is 9.17. The third-order valence-corrected chi connectivity index (χ3v) is 2.85. The second-order valence-corrected chi connectivity index (χ2v) is 4.03. The standard InChI is InChI=1S/C12H13NO4/c14-10(12(16)17)5-6-13-7-8-3-1-2-4-9(8)11(13)15/h1-4,10,14H,5-7H2,(H,16,17)/t10-/m0/s1. The minimum Gasteiger partial charge on any atom is -0.479 e. The fraction of sp³-hybridized carbons (Fsp3) is 0.333. The predicted octanol–water partition coefficient (Wildman–Crippen LogP) is 0.478. The number of benzene rings is 1. The molecule has 1 aliphatic heterocycles. The molecule has 0 aliphatic carbocycles. The number of rotatable bonds is 4. The summed E-state index contributed by atoms with van der Waals surface area (Å²) in [6.07, 6.45) is -1.36. The Morgan fingerprint density at radius 2 is 2.12 bits per heavy atom. The van der Waals surface area contributed by atoms with E-state index in [0.29, 0.717) is 12.1 Å². The van der Waals surface area contributed by atoms with Crippen molar-refractivity contribution in [3.8, 4) is 0 Å². The molecule has 0 aromatic heterocycles. The van der Waals surface area contributed by atoms with Crippen LogP contribution in [0.4, 0.5) is 0 Å². The number of amides is 1. The number of carbonyl (C=O) groups excluding carboxylic acids is 1. The van der Waals surface area contributed by atoms with Gasteiger partial charge in [0.15, 0.2) is 6.10 Å². The molecule has 90 valence electrons. The van der Waals surface area contributed by atoms with Gasteiger partial charge in [-0.1, -0.05) is 18.2 Å². The van der Waals surface area contributed by atoms with E-state index in [1.807, 2.05) is 12.1 Å². The maximum absolute atomic E-state index is 11.9. The highest BCUT2D eigenvalue weighted by Gasteiger charge is 2.27. The van der Waals surface area contributed by atoms with E-state index < -0.39 is 12.1 Å². The lowest BCUT2D eigenvalue weighted by molar-refractivity contribution is -0.147. The summed E-state index contributed by atoms with van der Waals surface area (Å²) in [5, 5.41) is 17.7. The highest BCUT2D eigenvalue weighted by atomic mass is 16.4. The molecule has 5 heteroatoms. The molecule has 0 saturated heterocycles. The third kappa shape index (κ3) is 2.29. The Labute approximate surface area is 98.3 Å². The van der Waals surface area contributed by atoms with Crippen LogP contribution in [0.15, 0.2) is 24.3 Å². The lowest BCUT2D eigenvalue weighted by atomic mass is 10.1. The van der Waals surface area contributed by atoms with Crippen LogP contribution in [-0.2, 0) is 11.3 Å². The van der Waals surface area contributed by atoms with Crippen LogP contribution in [0.25, 0.3) is 0 Å². The number of carboxylic acids is 1. The van der Waals surface area contributed by atoms with Crippen molar-refractivity contribution in [2.75, 3.05) is 6.54 Å². The number of carbonyl (C=O) groups is 2. The fourth-order valence-electron chi connectivity index (χ4n) is 1.90. The summed E-state index contributed by atoms with van der Waals surface area (Å²) in [5.74, 6) is -1.35. The van der Waals surface area contributed by atoms with Gasteiger partial charge in [0.05, 0.1) is 0 Å². The van der Waals surface area contributed by atoms with E-state index in [-0.39, 0.29) is 18.9 Å². The van der Waals surface area contributed by atoms with E-state index >= 15 is 0 Å². The van der Waals surface area contributed by atoms with Gasteiger partial charge in [-0.2, -0.15) is 0 Å². The van der Waals surface area contributed by atoms with Gasteiger partial charge in [0.25, 0.3) is 5.91 Å². The highest BCUT2D eigenvalue weighted by Crippen LogP contribution is 2.22. The van der Waals surface area contributed by atoms with Crippen LogP contribution in [0, 0.1) is 0 Å². The quantitative estimate of drug-likeness (QED) is 0.795. The zero-order chi connectivity index (χ0) is 12.4. The van der Waals surface area contributed by atoms with Gasteiger partial charge in [0, 0.05) is 25.1 Å². The van der Waals surface area contributed by atoms with Gasteiger partial charge in [0.1, 0.15) is 0 Å². The predicted molar refractivity (Wildman–Crippen MR) is 59.4 cm³/mol. The van der Waals surface area contributed by atoms with Gasteiger partial charge in [-0.25, -0.2) is 4.79 Å². The average Bonchev–Trinajstić information content (AvgIpc) is 2.64. The zero-order valence-corrected chi connectivity index (χ0v) is 9.17. The Kier molecular flexibility index (Phi) is 3.10. The van der Waals surface area contributed by atoms with Crippen LogP contribution in [0.1, 0.15) is 22.3 Å². The van der Waals surface area contributed by atoms with Crippen molar-refractivity contribution in [1.29, 1.82) is 0 Å². The summed E-state index contributed by atoms with van der Waals surface area (Å²) >= 11 is 0. The van der Waals surface area contributed by atoms with Crippen LogP contribution < -0.4 is 0 Å². The molecule has 1 aromatic carbocycles. The Balaban J connectivity index is 1.99. The molecule has 0 unspecified atom stereocenters. The molecule has 1 amide bonds. The molecule has 2 N–H and O–H groups in total. The Morgan fingerprint density at radius 1 is 1.41 bits per heavy atom. The summed E-state index contributed by atoms with van der Waals surface area (Å²) in [5.41, 5.74) is 1.61. The normalized spacial score (nSPS) is 15.8. The monoisotopic (exact) mass is 235 g/mol. The Hall–Kier alpha value is -1.88. The van der Waals surface area contributed by atoms with Crippen LogP contribution in [0.5, 0.6) is 0 Å². The van der Waals surface area contributed by atoms with E-state index in [0.717, 1.165) is 5.56 Å². The fourth-order valence-corrected chi connectivity index (χ4v) is 1.90. The van der Waals surface area contributed by atoms with Crippen molar-refractivity contribution < 1.29 is 19.8 Å². The number of hydrogen-bond donors (Lipinski definition) is 2. The van der Waals surface area contributed by atoms with Gasteiger partial charge < -0.3 is 15.1 Å². The van der Waals surface area contributed by atoms with Gasteiger partial charge in [-0.05, 0) is 11.6 Å². The van der Waals surface area contributed by atoms with Crippen LogP contribution in [-0.4, -0.2) is 39.6 Å². The van der Waals surface area contributed by atoms with E-state index in [1.165, 1.54) is 0 Å². The second-order valence-electron chi connectivity index (χ2n) is 4.03. The van der Waals surface area contributed by atoms with Crippen molar-refractivity contribution in [2.24, 2.45) is 0 Å². The smallest absolute Gasteiger partial charge is 0.332 e. The van der Waals surface area contributed by atoms with Crippen molar-refractivity contribution in [1.82, 2.24) is 4.90 Å². The summed E-state index contributed by atoms with van der Waals surface area (Å²) in [7, 11) is 0. The van der Waals surface area contributed by atoms with Gasteiger partial charge in [0.2, 0.25) is 0 Å². The maximum Gasteiger partial charge on any atom is 0.332 e. The molecular formula is C12H13NO4. The number of aliphatic hydroxyl groups excluding tert-OH is 1. The van der Waals surface area contributed by atoms with Crippen LogP contribution >= 0.6 is 0 Å². The van der Waals surface area contributed by atoms with Gasteiger partial charge >= 0.3 is 5.97 Å². The maximum atomic E-state index is 11.9. The Bertz CT molecular complexity index is 458. The van der Waals surface area contributed by atoms with Crippen molar-refractivity contribution in [2.45, 2.75) is 19.1 Å². The first-order valence-electron chi connectivity index (χ1n) is 5.37. The van der Waals surface area contributed by atoms with Crippen molar-refractivity contribution >= 4 is 11.9 Å². The molecule has 17 heavy (non-hydrogen) atoms. The lowest BCUT2D eigenvalue weighted by Gasteiger charge is -2.16. The molecule has 0 saturated carbocycles. The molecule has 2 rings (SSSR count). The number of aliphatic hydroxyl groups is 1. The average molecular weight is 235 g/mol. The first-order valence-corrected chi connectivity index (χ1v) is 5.37. The van der Waals surface area contributed by atoms with Crippen LogP contribution in [0.2, 0.25) is 0 Å². The van der Waals surface area contributed by atoms with E-state index in [2.05, 4.69) is 0 Å². The minimum atomic E-state index is -1.41. The lowest BCUT2D eigenvalue weighted by Crippen LogP contribution is -2.30. The van der Waals surface area contributed by atoms with E-state index in [1.54, 1.807) is 17.0 Å². The molecular weight excluding hydrogens is 222 g/mol. The molecule has 0 fully saturated rings. The van der Waals surface area contributed by atoms with E-state index in [9.17, 15) is 9.59 Å². The minimum absolute atomic E-state index is 0.0507. The van der Waals surface area contributed by atoms with Crippen molar-refractivity contribution in [3.05, 3.63) is 35.4 Å². The molecule has 5 nitrogen and oxygen atoms in total. The number of fused-ring (bicyclic) bond motifs is 1. The number of aliphatic carboxylic acids is 1. The largest absolute Gasteiger partial charge is 0.479 e. The molecule has 0 bridgehead atoms. The molecule has 1 atom stereocenters. The first-order chi connectivity index (χ1) is 8.09. The third-order valence-electron chi connectivity index (χ3n) is 2.85. The topological polar surface area (TPSA) is 77.8 Å². The van der Waals surface area contributed by atoms with Gasteiger partial charge in [-0.3, -0.25) is 4.79 Å². The molecule has 1 heterocycles. The molecule has 0 spiro atoms. The summed E-state index contributed by atoms with van der Waals surface area (Å²) < 4.78 is 0. The van der Waals surface area contributed by atoms with Crippen LogP contribution in [0.3, 0.4) is 0 Å². The highest BCUT2D eigenvalue weighted by molar-refractivity contribution is 5.98. The number of nitrogens with zero attached hydrogens (tertiary/aromatic N) is 1. The summed E-state index contributed by atoms with van der Waals surface area (Å²) in [6, 6.07) is 7.29. The first kappa shape index (κ1) is 11.6. The molecule has 1 aromatic rings. The Morgan fingerprint density at radius 3 is 2.76 bits per heavy atom. The number of hydrogen-bond acceptors (Lipinski definition) is 3. The molecule has 0 radical (unpaired) electrons. The number of carboxylic acid groups (broad SMARTS) is 1. The second kappa shape index (κ2) is 4.55. The van der Waals surface area contributed by atoms with Gasteiger partial charge in [-0.15, -0.1) is 0 Å². The van der Waals surface area contributed by atoms with E-state index in [4.69, 9.17) is 10.2 Å². The van der Waals surface area contributed by atoms with Crippen molar-refractivity contribution in [3.63, 3.8) is 0 Å². The summed E-state index contributed by atoms with van der Waals surface area (Å²) in [4.78, 5) is 23.9. The SMILES string of the molecule is O=C(O)[C@@H](O)CCN1Cc2ccccc2C1=O.